The highest BCUT2D eigenvalue weighted by Crippen LogP contribution is 2.29. The van der Waals surface area contributed by atoms with Crippen LogP contribution < -0.4 is 5.32 Å². The van der Waals surface area contributed by atoms with Crippen molar-refractivity contribution < 1.29 is 9.59 Å². The molecule has 3 aromatic rings. The largest absolute Gasteiger partial charge is 0.333 e. The molecule has 36 heavy (non-hydrogen) atoms. The van der Waals surface area contributed by atoms with Crippen molar-refractivity contribution in [2.75, 3.05) is 18.4 Å². The molecule has 0 spiro atoms. The second kappa shape index (κ2) is 12.0. The van der Waals surface area contributed by atoms with Crippen molar-refractivity contribution in [3.05, 3.63) is 66.2 Å². The zero-order valence-electron chi connectivity index (χ0n) is 21.7. The van der Waals surface area contributed by atoms with E-state index in [-0.39, 0.29) is 24.3 Å². The van der Waals surface area contributed by atoms with E-state index in [2.05, 4.69) is 19.2 Å². The number of aromatic nitrogens is 2. The van der Waals surface area contributed by atoms with E-state index in [9.17, 15) is 9.59 Å². The molecule has 6 heteroatoms. The van der Waals surface area contributed by atoms with Crippen molar-refractivity contribution in [1.29, 1.82) is 0 Å². The average molecular weight is 487 g/mol. The van der Waals surface area contributed by atoms with Crippen LogP contribution in [0.25, 0.3) is 16.9 Å². The number of benzene rings is 2. The van der Waals surface area contributed by atoms with E-state index < -0.39 is 0 Å². The van der Waals surface area contributed by atoms with E-state index in [1.54, 1.807) is 9.58 Å². The van der Waals surface area contributed by atoms with E-state index in [0.717, 1.165) is 28.9 Å². The number of carbonyl (C=O) groups excluding carboxylic acids is 2. The van der Waals surface area contributed by atoms with Gasteiger partial charge in [-0.1, -0.05) is 87.6 Å². The first-order valence-electron chi connectivity index (χ1n) is 13.2. The molecular weight excluding hydrogens is 448 g/mol. The van der Waals surface area contributed by atoms with Crippen LogP contribution in [0.1, 0.15) is 57.9 Å². The summed E-state index contributed by atoms with van der Waals surface area (Å²) in [7, 11) is 0. The number of aryl methyl sites for hydroxylation is 1. The van der Waals surface area contributed by atoms with E-state index >= 15 is 0 Å². The minimum atomic E-state index is -0.210. The van der Waals surface area contributed by atoms with Crippen molar-refractivity contribution >= 4 is 17.6 Å². The van der Waals surface area contributed by atoms with Gasteiger partial charge in [0, 0.05) is 24.6 Å². The molecule has 1 saturated carbocycles. The predicted octanol–water partition coefficient (Wildman–Crippen LogP) is 6.24. The maximum atomic E-state index is 13.2. The van der Waals surface area contributed by atoms with Gasteiger partial charge in [0.1, 0.15) is 5.82 Å². The number of rotatable bonds is 10. The Morgan fingerprint density at radius 3 is 2.42 bits per heavy atom. The molecule has 0 bridgehead atoms. The normalized spacial score (nSPS) is 13.8. The first kappa shape index (κ1) is 25.7. The molecular formula is C30H38N4O2. The minimum absolute atomic E-state index is 0.0431. The standard InChI is InChI=1S/C30H38N4O2/c1-22(2)20-33(30(36)18-15-24-9-7-8-10-24)21-29(35)31-28-19-27(25-11-5-4-6-12-25)32-34(28)26-16-13-23(3)14-17-26/h4-6,11-14,16-17,19,22,24H,7-10,15,18,20-21H2,1-3H3,(H,31,35). The van der Waals surface area contributed by atoms with Crippen molar-refractivity contribution in [3.8, 4) is 16.9 Å². The van der Waals surface area contributed by atoms with E-state index in [0.29, 0.717) is 24.7 Å². The third-order valence-electron chi connectivity index (χ3n) is 6.84. The lowest BCUT2D eigenvalue weighted by atomic mass is 10.0. The second-order valence-electron chi connectivity index (χ2n) is 10.4. The average Bonchev–Trinajstić information content (AvgIpc) is 3.53. The number of hydrogen-bond donors (Lipinski definition) is 1. The number of amides is 2. The first-order valence-corrected chi connectivity index (χ1v) is 13.2. The highest BCUT2D eigenvalue weighted by Gasteiger charge is 2.22. The van der Waals surface area contributed by atoms with Gasteiger partial charge in [0.15, 0.2) is 0 Å². The highest BCUT2D eigenvalue weighted by molar-refractivity contribution is 5.94. The fraction of sp³-hybridized carbons (Fsp3) is 0.433. The number of nitrogens with one attached hydrogen (secondary N) is 1. The molecule has 1 N–H and O–H groups in total. The van der Waals surface area contributed by atoms with Crippen molar-refractivity contribution in [2.45, 2.75) is 59.3 Å². The number of anilines is 1. The molecule has 0 atom stereocenters. The first-order chi connectivity index (χ1) is 17.4. The molecule has 2 aromatic carbocycles. The van der Waals surface area contributed by atoms with Gasteiger partial charge < -0.3 is 10.2 Å². The topological polar surface area (TPSA) is 67.2 Å². The molecule has 1 aromatic heterocycles. The SMILES string of the molecule is Cc1ccc(-n2nc(-c3ccccc3)cc2NC(=O)CN(CC(C)C)C(=O)CCC2CCCC2)cc1. The van der Waals surface area contributed by atoms with Gasteiger partial charge in [-0.2, -0.15) is 5.10 Å². The third kappa shape index (κ3) is 6.84. The minimum Gasteiger partial charge on any atom is -0.333 e. The molecule has 4 rings (SSSR count). The summed E-state index contributed by atoms with van der Waals surface area (Å²) in [6.07, 6.45) is 6.45. The molecule has 1 aliphatic carbocycles. The van der Waals surface area contributed by atoms with Gasteiger partial charge in [-0.05, 0) is 37.3 Å². The van der Waals surface area contributed by atoms with Crippen LogP contribution in [0.5, 0.6) is 0 Å². The fourth-order valence-corrected chi connectivity index (χ4v) is 4.94. The monoisotopic (exact) mass is 486 g/mol. The Balaban J connectivity index is 1.51. The third-order valence-corrected chi connectivity index (χ3v) is 6.84. The van der Waals surface area contributed by atoms with Gasteiger partial charge in [0.05, 0.1) is 17.9 Å². The van der Waals surface area contributed by atoms with Crippen LogP contribution >= 0.6 is 0 Å². The molecule has 1 fully saturated rings. The Morgan fingerprint density at radius 1 is 1.06 bits per heavy atom. The Hall–Kier alpha value is -3.41. The molecule has 0 radical (unpaired) electrons. The molecule has 1 aliphatic rings. The van der Waals surface area contributed by atoms with Crippen molar-refractivity contribution in [1.82, 2.24) is 14.7 Å². The van der Waals surface area contributed by atoms with Crippen molar-refractivity contribution in [2.24, 2.45) is 11.8 Å². The molecule has 190 valence electrons. The van der Waals surface area contributed by atoms with Gasteiger partial charge >= 0.3 is 0 Å². The van der Waals surface area contributed by atoms with Gasteiger partial charge in [-0.15, -0.1) is 0 Å². The molecule has 1 heterocycles. The van der Waals surface area contributed by atoms with Crippen molar-refractivity contribution in [3.63, 3.8) is 0 Å². The van der Waals surface area contributed by atoms with Crippen LogP contribution in [-0.2, 0) is 9.59 Å². The molecule has 6 nitrogen and oxygen atoms in total. The summed E-state index contributed by atoms with van der Waals surface area (Å²) in [5.41, 5.74) is 3.77. The van der Waals surface area contributed by atoms with Crippen LogP contribution in [0.2, 0.25) is 0 Å². The second-order valence-corrected chi connectivity index (χ2v) is 10.4. The lowest BCUT2D eigenvalue weighted by molar-refractivity contribution is -0.135. The van der Waals surface area contributed by atoms with Crippen LogP contribution in [0.3, 0.4) is 0 Å². The van der Waals surface area contributed by atoms with Crippen LogP contribution in [0.4, 0.5) is 5.82 Å². The number of carbonyl (C=O) groups is 2. The summed E-state index contributed by atoms with van der Waals surface area (Å²) >= 11 is 0. The Kier molecular flexibility index (Phi) is 8.57. The van der Waals surface area contributed by atoms with Gasteiger partial charge in [-0.3, -0.25) is 9.59 Å². The fourth-order valence-electron chi connectivity index (χ4n) is 4.94. The Morgan fingerprint density at radius 2 is 1.75 bits per heavy atom. The maximum absolute atomic E-state index is 13.2. The van der Waals surface area contributed by atoms with E-state index in [1.807, 2.05) is 67.6 Å². The van der Waals surface area contributed by atoms with E-state index in [1.165, 1.54) is 25.7 Å². The highest BCUT2D eigenvalue weighted by atomic mass is 16.2. The summed E-state index contributed by atoms with van der Waals surface area (Å²) in [6.45, 7) is 6.81. The zero-order chi connectivity index (χ0) is 25.5. The Labute approximate surface area is 214 Å². The predicted molar refractivity (Wildman–Crippen MR) is 145 cm³/mol. The molecule has 0 saturated heterocycles. The van der Waals surface area contributed by atoms with Gasteiger partial charge in [0.25, 0.3) is 0 Å². The van der Waals surface area contributed by atoms with Crippen LogP contribution in [-0.4, -0.2) is 39.6 Å². The van der Waals surface area contributed by atoms with Crippen LogP contribution in [0, 0.1) is 18.8 Å². The Bertz CT molecular complexity index is 1150. The smallest absolute Gasteiger partial charge is 0.245 e. The van der Waals surface area contributed by atoms with E-state index in [4.69, 9.17) is 5.10 Å². The summed E-state index contributed by atoms with van der Waals surface area (Å²) in [5, 5.41) is 7.83. The lowest BCUT2D eigenvalue weighted by Crippen LogP contribution is -2.40. The quantitative estimate of drug-likeness (QED) is 0.369. The summed E-state index contributed by atoms with van der Waals surface area (Å²) in [5.74, 6) is 1.39. The maximum Gasteiger partial charge on any atom is 0.245 e. The summed E-state index contributed by atoms with van der Waals surface area (Å²) < 4.78 is 1.76. The molecule has 0 aliphatic heterocycles. The van der Waals surface area contributed by atoms with Crippen LogP contribution in [0.15, 0.2) is 60.7 Å². The molecule has 2 amide bonds. The summed E-state index contributed by atoms with van der Waals surface area (Å²) in [6, 6.07) is 19.8. The lowest BCUT2D eigenvalue weighted by Gasteiger charge is -2.25. The number of nitrogens with zero attached hydrogens (tertiary/aromatic N) is 3. The number of hydrogen-bond acceptors (Lipinski definition) is 3. The molecule has 0 unspecified atom stereocenters. The van der Waals surface area contributed by atoms with Gasteiger partial charge in [0.2, 0.25) is 11.8 Å². The summed E-state index contributed by atoms with van der Waals surface area (Å²) in [4.78, 5) is 28.0. The van der Waals surface area contributed by atoms with Gasteiger partial charge in [-0.25, -0.2) is 4.68 Å². The zero-order valence-corrected chi connectivity index (χ0v) is 21.7.